The number of nitrogens with one attached hydrogen (secondary N) is 1. The molecule has 1 aliphatic rings. The van der Waals surface area contributed by atoms with Crippen molar-refractivity contribution in [1.82, 2.24) is 10.4 Å². The van der Waals surface area contributed by atoms with Gasteiger partial charge in [-0.3, -0.25) is 5.43 Å². The van der Waals surface area contributed by atoms with Gasteiger partial charge in [-0.25, -0.2) is 5.01 Å². The second-order valence-corrected chi connectivity index (χ2v) is 5.42. The molecule has 1 rings (SSSR count). The molecule has 0 spiro atoms. The Morgan fingerprint density at radius 2 is 1.50 bits per heavy atom. The van der Waals surface area contributed by atoms with Gasteiger partial charge in [0.25, 0.3) is 0 Å². The van der Waals surface area contributed by atoms with Crippen LogP contribution >= 0.6 is 0 Å². The number of ether oxygens (including phenoxy) is 1. The van der Waals surface area contributed by atoms with Crippen LogP contribution in [0.4, 0.5) is 0 Å². The summed E-state index contributed by atoms with van der Waals surface area (Å²) in [4.78, 5) is 0. The summed E-state index contributed by atoms with van der Waals surface area (Å²) in [6, 6.07) is 0.682. The van der Waals surface area contributed by atoms with E-state index >= 15 is 0 Å². The van der Waals surface area contributed by atoms with Crippen LogP contribution in [-0.4, -0.2) is 37.4 Å². The quantitative estimate of drug-likeness (QED) is 0.607. The van der Waals surface area contributed by atoms with Crippen LogP contribution in [0.25, 0.3) is 0 Å². The van der Waals surface area contributed by atoms with E-state index in [1.54, 1.807) is 0 Å². The van der Waals surface area contributed by atoms with E-state index in [0.717, 1.165) is 26.3 Å². The van der Waals surface area contributed by atoms with Gasteiger partial charge in [0.1, 0.15) is 0 Å². The molecule has 3 nitrogen and oxygen atoms in total. The van der Waals surface area contributed by atoms with Gasteiger partial charge in [0.2, 0.25) is 0 Å². The van der Waals surface area contributed by atoms with Crippen LogP contribution in [0.1, 0.15) is 65.2 Å². The van der Waals surface area contributed by atoms with Crippen LogP contribution in [0.3, 0.4) is 0 Å². The number of hydrazine groups is 1. The van der Waals surface area contributed by atoms with Crippen molar-refractivity contribution in [2.24, 2.45) is 0 Å². The first-order valence-electron chi connectivity index (χ1n) is 7.95. The van der Waals surface area contributed by atoms with Gasteiger partial charge in [0.05, 0.1) is 13.2 Å². The SMILES string of the molecule is CCCCCC(CCCCC)NN1CCOCC1. The maximum absolute atomic E-state index is 5.40. The average molecular weight is 256 g/mol. The number of hydrogen-bond donors (Lipinski definition) is 1. The second-order valence-electron chi connectivity index (χ2n) is 5.42. The van der Waals surface area contributed by atoms with E-state index < -0.39 is 0 Å². The van der Waals surface area contributed by atoms with E-state index in [2.05, 4.69) is 24.3 Å². The highest BCUT2D eigenvalue weighted by Gasteiger charge is 2.15. The number of rotatable bonds is 10. The maximum Gasteiger partial charge on any atom is 0.0608 e. The fourth-order valence-corrected chi connectivity index (χ4v) is 2.51. The van der Waals surface area contributed by atoms with Crippen molar-refractivity contribution in [3.63, 3.8) is 0 Å². The van der Waals surface area contributed by atoms with Gasteiger partial charge in [0.15, 0.2) is 0 Å². The maximum atomic E-state index is 5.40. The van der Waals surface area contributed by atoms with Crippen molar-refractivity contribution in [1.29, 1.82) is 0 Å². The number of nitrogens with zero attached hydrogens (tertiary/aromatic N) is 1. The molecule has 1 saturated heterocycles. The van der Waals surface area contributed by atoms with Gasteiger partial charge >= 0.3 is 0 Å². The van der Waals surface area contributed by atoms with Gasteiger partial charge in [-0.05, 0) is 12.8 Å². The van der Waals surface area contributed by atoms with Gasteiger partial charge in [-0.1, -0.05) is 52.4 Å². The zero-order valence-corrected chi connectivity index (χ0v) is 12.4. The number of hydrogen-bond acceptors (Lipinski definition) is 3. The Kier molecular flexibility index (Phi) is 9.54. The van der Waals surface area contributed by atoms with Crippen molar-refractivity contribution < 1.29 is 4.74 Å². The molecule has 1 N–H and O–H groups in total. The fraction of sp³-hybridized carbons (Fsp3) is 1.00. The molecule has 0 amide bonds. The summed E-state index contributed by atoms with van der Waals surface area (Å²) in [5, 5.41) is 2.37. The molecule has 0 bridgehead atoms. The lowest BCUT2D eigenvalue weighted by atomic mass is 10.0. The molecule has 0 aromatic carbocycles. The molecule has 0 saturated carbocycles. The van der Waals surface area contributed by atoms with Crippen LogP contribution in [0, 0.1) is 0 Å². The molecule has 1 heterocycles. The highest BCUT2D eigenvalue weighted by Crippen LogP contribution is 2.12. The molecule has 0 aromatic heterocycles. The van der Waals surface area contributed by atoms with Gasteiger partial charge in [0, 0.05) is 19.1 Å². The van der Waals surface area contributed by atoms with Crippen LogP contribution < -0.4 is 5.43 Å². The molecular formula is C15H32N2O. The predicted octanol–water partition coefficient (Wildman–Crippen LogP) is 3.35. The summed E-state index contributed by atoms with van der Waals surface area (Å²) in [7, 11) is 0. The molecule has 0 aromatic rings. The Morgan fingerprint density at radius 1 is 0.944 bits per heavy atom. The average Bonchev–Trinajstić information content (AvgIpc) is 2.40. The lowest BCUT2D eigenvalue weighted by molar-refractivity contribution is 0.00171. The molecule has 1 fully saturated rings. The Balaban J connectivity index is 2.22. The first kappa shape index (κ1) is 15.9. The molecule has 0 unspecified atom stereocenters. The third kappa shape index (κ3) is 7.34. The zero-order chi connectivity index (χ0) is 13.1. The molecule has 0 atom stereocenters. The van der Waals surface area contributed by atoms with E-state index in [-0.39, 0.29) is 0 Å². The minimum Gasteiger partial charge on any atom is -0.379 e. The number of morpholine rings is 1. The fourth-order valence-electron chi connectivity index (χ4n) is 2.51. The van der Waals surface area contributed by atoms with Crippen molar-refractivity contribution in [2.75, 3.05) is 26.3 Å². The largest absolute Gasteiger partial charge is 0.379 e. The Hall–Kier alpha value is -0.120. The molecule has 108 valence electrons. The summed E-state index contributed by atoms with van der Waals surface area (Å²) < 4.78 is 5.40. The Labute approximate surface area is 113 Å². The van der Waals surface area contributed by atoms with Gasteiger partial charge < -0.3 is 4.74 Å². The van der Waals surface area contributed by atoms with E-state index in [9.17, 15) is 0 Å². The molecule has 0 aliphatic carbocycles. The zero-order valence-electron chi connectivity index (χ0n) is 12.4. The Morgan fingerprint density at radius 3 is 2.00 bits per heavy atom. The molecule has 3 heteroatoms. The van der Waals surface area contributed by atoms with Crippen molar-refractivity contribution in [2.45, 2.75) is 71.3 Å². The standard InChI is InChI=1S/C15H32N2O/c1-3-5-7-9-15(10-8-6-4-2)16-17-11-13-18-14-12-17/h15-16H,3-14H2,1-2H3. The first-order valence-corrected chi connectivity index (χ1v) is 7.95. The Bertz CT molecular complexity index is 171. The van der Waals surface area contributed by atoms with Crippen molar-refractivity contribution in [3.8, 4) is 0 Å². The highest BCUT2D eigenvalue weighted by atomic mass is 16.5. The van der Waals surface area contributed by atoms with E-state index in [1.165, 1.54) is 51.4 Å². The van der Waals surface area contributed by atoms with E-state index in [1.807, 2.05) is 0 Å². The minimum absolute atomic E-state index is 0.682. The van der Waals surface area contributed by atoms with Crippen molar-refractivity contribution in [3.05, 3.63) is 0 Å². The summed E-state index contributed by atoms with van der Waals surface area (Å²) in [5.74, 6) is 0. The first-order chi connectivity index (χ1) is 8.86. The lowest BCUT2D eigenvalue weighted by Gasteiger charge is -2.32. The third-order valence-electron chi connectivity index (χ3n) is 3.69. The third-order valence-corrected chi connectivity index (χ3v) is 3.69. The smallest absolute Gasteiger partial charge is 0.0608 e. The van der Waals surface area contributed by atoms with Gasteiger partial charge in [-0.15, -0.1) is 0 Å². The monoisotopic (exact) mass is 256 g/mol. The minimum atomic E-state index is 0.682. The van der Waals surface area contributed by atoms with Crippen LogP contribution in [0.2, 0.25) is 0 Å². The second kappa shape index (κ2) is 10.8. The summed E-state index contributed by atoms with van der Waals surface area (Å²) >= 11 is 0. The van der Waals surface area contributed by atoms with E-state index in [4.69, 9.17) is 4.74 Å². The molecule has 1 aliphatic heterocycles. The molecule has 0 radical (unpaired) electrons. The summed E-state index contributed by atoms with van der Waals surface area (Å²) in [5.41, 5.74) is 3.73. The number of unbranched alkanes of at least 4 members (excludes halogenated alkanes) is 4. The molecule has 18 heavy (non-hydrogen) atoms. The predicted molar refractivity (Wildman–Crippen MR) is 77.6 cm³/mol. The van der Waals surface area contributed by atoms with Crippen LogP contribution in [0.5, 0.6) is 0 Å². The lowest BCUT2D eigenvalue weighted by Crippen LogP contribution is -2.50. The van der Waals surface area contributed by atoms with Crippen molar-refractivity contribution >= 4 is 0 Å². The highest BCUT2D eigenvalue weighted by molar-refractivity contribution is 4.68. The van der Waals surface area contributed by atoms with E-state index in [0.29, 0.717) is 6.04 Å². The summed E-state index contributed by atoms with van der Waals surface area (Å²) in [6.07, 6.45) is 10.8. The topological polar surface area (TPSA) is 24.5 Å². The van der Waals surface area contributed by atoms with Crippen LogP contribution in [0.15, 0.2) is 0 Å². The normalized spacial score (nSPS) is 17.5. The summed E-state index contributed by atoms with van der Waals surface area (Å²) in [6.45, 7) is 8.40. The van der Waals surface area contributed by atoms with Gasteiger partial charge in [-0.2, -0.15) is 0 Å². The molecular weight excluding hydrogens is 224 g/mol. The van der Waals surface area contributed by atoms with Crippen LogP contribution in [-0.2, 0) is 4.74 Å².